The number of anilines is 2. The van der Waals surface area contributed by atoms with Gasteiger partial charge in [0.1, 0.15) is 4.90 Å². The minimum atomic E-state index is -3.88. The topological polar surface area (TPSA) is 75.2 Å². The van der Waals surface area contributed by atoms with Gasteiger partial charge in [-0.3, -0.25) is 0 Å². The van der Waals surface area contributed by atoms with Crippen molar-refractivity contribution in [3.63, 3.8) is 0 Å². The van der Waals surface area contributed by atoms with E-state index >= 15 is 0 Å². The summed E-state index contributed by atoms with van der Waals surface area (Å²) < 4.78 is 27.5. The minimum Gasteiger partial charge on any atom is -0.345 e. The zero-order valence-electron chi connectivity index (χ0n) is 12.5. The Morgan fingerprint density at radius 3 is 2.70 bits per heavy atom. The summed E-state index contributed by atoms with van der Waals surface area (Å²) in [5, 5.41) is 0.177. The number of allylic oxidation sites excluding steroid dienone is 1. The highest BCUT2D eigenvalue weighted by molar-refractivity contribution is 7.92. The summed E-state index contributed by atoms with van der Waals surface area (Å²) >= 11 is 6.19. The second-order valence-corrected chi connectivity index (χ2v) is 7.28. The molecule has 0 saturated carbocycles. The summed E-state index contributed by atoms with van der Waals surface area (Å²) in [4.78, 5) is 9.71. The number of hydrogen-bond donors (Lipinski definition) is 1. The van der Waals surface area contributed by atoms with Crippen molar-refractivity contribution in [1.82, 2.24) is 9.97 Å². The molecule has 0 spiro atoms. The molecule has 2 heterocycles. The maximum absolute atomic E-state index is 12.6. The average Bonchev–Trinajstić information content (AvgIpc) is 2.89. The molecule has 6 nitrogen and oxygen atoms in total. The van der Waals surface area contributed by atoms with Crippen LogP contribution in [0, 0.1) is 0 Å². The molecule has 0 aliphatic carbocycles. The first-order valence-electron chi connectivity index (χ1n) is 6.94. The molecule has 0 bridgehead atoms. The summed E-state index contributed by atoms with van der Waals surface area (Å²) in [7, 11) is -3.88. The van der Waals surface area contributed by atoms with Crippen LogP contribution in [0.25, 0.3) is 0 Å². The van der Waals surface area contributed by atoms with Crippen LogP contribution in [0.1, 0.15) is 12.5 Å². The molecule has 1 N–H and O–H groups in total. The van der Waals surface area contributed by atoms with Gasteiger partial charge in [0.15, 0.2) is 0 Å². The predicted molar refractivity (Wildman–Crippen MR) is 90.2 cm³/mol. The molecule has 120 valence electrons. The Kier molecular flexibility index (Phi) is 3.99. The highest BCUT2D eigenvalue weighted by Gasteiger charge is 2.26. The lowest BCUT2D eigenvalue weighted by Gasteiger charge is -2.20. The van der Waals surface area contributed by atoms with Crippen molar-refractivity contribution in [1.29, 1.82) is 0 Å². The van der Waals surface area contributed by atoms with Gasteiger partial charge in [0.05, 0.1) is 5.02 Å². The number of nitrogens with zero attached hydrogens (tertiary/aromatic N) is 3. The van der Waals surface area contributed by atoms with E-state index in [9.17, 15) is 8.42 Å². The number of rotatable bonds is 4. The Bertz CT molecular complexity index is 869. The molecule has 0 radical (unpaired) electrons. The van der Waals surface area contributed by atoms with E-state index in [2.05, 4.69) is 21.3 Å². The largest absolute Gasteiger partial charge is 0.345 e. The molecular weight excluding hydrogens is 336 g/mol. The van der Waals surface area contributed by atoms with Crippen LogP contribution in [0.4, 0.5) is 11.6 Å². The first kappa shape index (κ1) is 15.8. The van der Waals surface area contributed by atoms with Gasteiger partial charge in [-0.25, -0.2) is 23.1 Å². The van der Waals surface area contributed by atoms with Crippen LogP contribution >= 0.6 is 11.6 Å². The van der Waals surface area contributed by atoms with Gasteiger partial charge in [0.2, 0.25) is 5.95 Å². The number of halogens is 1. The van der Waals surface area contributed by atoms with E-state index in [0.29, 0.717) is 0 Å². The molecule has 0 atom stereocenters. The van der Waals surface area contributed by atoms with Gasteiger partial charge in [-0.15, -0.1) is 0 Å². The normalized spacial score (nSPS) is 13.7. The molecule has 0 saturated heterocycles. The fourth-order valence-corrected chi connectivity index (χ4v) is 4.05. The van der Waals surface area contributed by atoms with Gasteiger partial charge in [-0.05, 0) is 37.1 Å². The van der Waals surface area contributed by atoms with Crippen molar-refractivity contribution in [2.24, 2.45) is 0 Å². The Morgan fingerprint density at radius 2 is 2.04 bits per heavy atom. The maximum atomic E-state index is 12.6. The molecule has 3 rings (SSSR count). The lowest BCUT2D eigenvalue weighted by atomic mass is 10.2. The molecule has 1 aliphatic heterocycles. The van der Waals surface area contributed by atoms with E-state index in [0.717, 1.165) is 29.9 Å². The Balaban J connectivity index is 2.03. The molecule has 1 aliphatic rings. The van der Waals surface area contributed by atoms with Crippen molar-refractivity contribution in [3.05, 3.63) is 53.5 Å². The van der Waals surface area contributed by atoms with E-state index < -0.39 is 10.0 Å². The summed E-state index contributed by atoms with van der Waals surface area (Å²) in [6, 6.07) is 4.87. The zero-order valence-corrected chi connectivity index (χ0v) is 14.0. The number of sulfonamides is 1. The highest BCUT2D eigenvalue weighted by Crippen LogP contribution is 2.36. The van der Waals surface area contributed by atoms with Crippen LogP contribution in [0.15, 0.2) is 47.8 Å². The zero-order chi connectivity index (χ0) is 16.6. The molecule has 0 fully saturated rings. The third-order valence-corrected chi connectivity index (χ3v) is 5.36. The number of fused-ring (bicyclic) bond motifs is 1. The first-order valence-corrected chi connectivity index (χ1v) is 8.80. The SMILES string of the molecule is C=C(C)N1CCc2cc(Cl)c(S(=O)(=O)Nc3ncccn3)cc21. The van der Waals surface area contributed by atoms with Crippen LogP contribution in [-0.2, 0) is 16.4 Å². The molecule has 2 aromatic rings. The number of hydrogen-bond acceptors (Lipinski definition) is 5. The lowest BCUT2D eigenvalue weighted by Crippen LogP contribution is -2.18. The molecular formula is C15H15ClN4O2S. The number of benzene rings is 1. The second kappa shape index (κ2) is 5.82. The quantitative estimate of drug-likeness (QED) is 0.917. The predicted octanol–water partition coefficient (Wildman–Crippen LogP) is 2.83. The van der Waals surface area contributed by atoms with Crippen LogP contribution in [0.3, 0.4) is 0 Å². The standard InChI is InChI=1S/C15H15ClN4O2S/c1-10(2)20-7-4-11-8-12(16)14(9-13(11)20)23(21,22)19-15-17-5-3-6-18-15/h3,5-6,8-9H,1,4,7H2,2H3,(H,17,18,19). The highest BCUT2D eigenvalue weighted by atomic mass is 35.5. The molecule has 8 heteroatoms. The second-order valence-electron chi connectivity index (χ2n) is 5.23. The van der Waals surface area contributed by atoms with Crippen molar-refractivity contribution in [2.75, 3.05) is 16.2 Å². The summed E-state index contributed by atoms with van der Waals surface area (Å²) in [5.74, 6) is 0.000762. The average molecular weight is 351 g/mol. The molecule has 1 aromatic carbocycles. The van der Waals surface area contributed by atoms with Gasteiger partial charge in [-0.1, -0.05) is 18.2 Å². The summed E-state index contributed by atoms with van der Waals surface area (Å²) in [6.45, 7) is 6.57. The van der Waals surface area contributed by atoms with Crippen LogP contribution in [0.2, 0.25) is 5.02 Å². The van der Waals surface area contributed by atoms with E-state index in [-0.39, 0.29) is 15.9 Å². The van der Waals surface area contributed by atoms with Crippen molar-refractivity contribution >= 4 is 33.3 Å². The Hall–Kier alpha value is -2.12. The van der Waals surface area contributed by atoms with E-state index in [1.165, 1.54) is 12.4 Å². The smallest absolute Gasteiger partial charge is 0.265 e. The minimum absolute atomic E-state index is 0.000762. The van der Waals surface area contributed by atoms with E-state index in [4.69, 9.17) is 11.6 Å². The van der Waals surface area contributed by atoms with Gasteiger partial charge >= 0.3 is 0 Å². The van der Waals surface area contributed by atoms with Gasteiger partial charge in [0.25, 0.3) is 10.0 Å². The summed E-state index contributed by atoms with van der Waals surface area (Å²) in [6.07, 6.45) is 3.72. The van der Waals surface area contributed by atoms with Gasteiger partial charge < -0.3 is 4.90 Å². The van der Waals surface area contributed by atoms with Gasteiger partial charge in [-0.2, -0.15) is 0 Å². The fourth-order valence-electron chi connectivity index (χ4n) is 2.52. The van der Waals surface area contributed by atoms with Crippen LogP contribution in [0.5, 0.6) is 0 Å². The van der Waals surface area contributed by atoms with Crippen molar-refractivity contribution in [2.45, 2.75) is 18.2 Å². The van der Waals surface area contributed by atoms with Gasteiger partial charge in [0, 0.05) is 30.3 Å². The maximum Gasteiger partial charge on any atom is 0.265 e. The van der Waals surface area contributed by atoms with Crippen LogP contribution < -0.4 is 9.62 Å². The molecule has 1 aromatic heterocycles. The van der Waals surface area contributed by atoms with E-state index in [1.807, 2.05) is 11.8 Å². The molecule has 23 heavy (non-hydrogen) atoms. The number of nitrogens with one attached hydrogen (secondary N) is 1. The molecule has 0 amide bonds. The Labute approximate surface area is 139 Å². The van der Waals surface area contributed by atoms with Crippen molar-refractivity contribution in [3.8, 4) is 0 Å². The first-order chi connectivity index (χ1) is 10.9. The third kappa shape index (κ3) is 3.02. The third-order valence-electron chi connectivity index (χ3n) is 3.57. The summed E-state index contributed by atoms with van der Waals surface area (Å²) in [5.41, 5.74) is 2.68. The molecule has 0 unspecified atom stereocenters. The number of aromatic nitrogens is 2. The van der Waals surface area contributed by atoms with Crippen LogP contribution in [-0.4, -0.2) is 24.9 Å². The monoisotopic (exact) mass is 350 g/mol. The fraction of sp³-hybridized carbons (Fsp3) is 0.200. The van der Waals surface area contributed by atoms with Crippen molar-refractivity contribution < 1.29 is 8.42 Å². The van der Waals surface area contributed by atoms with E-state index in [1.54, 1.807) is 18.2 Å². The lowest BCUT2D eigenvalue weighted by molar-refractivity contribution is 0.601. The Morgan fingerprint density at radius 1 is 1.35 bits per heavy atom.